The number of carbonyl (C=O) groups excluding carboxylic acids is 2. The van der Waals surface area contributed by atoms with Crippen LogP contribution < -0.4 is 0 Å². The quantitative estimate of drug-likeness (QED) is 0.0211. The van der Waals surface area contributed by atoms with E-state index < -0.39 is 24.3 Å². The van der Waals surface area contributed by atoms with Crippen molar-refractivity contribution in [2.45, 2.75) is 257 Å². The fourth-order valence-electron chi connectivity index (χ4n) is 8.35. The van der Waals surface area contributed by atoms with E-state index in [9.17, 15) is 19.5 Å². The number of unbranched alkanes of at least 4 members (excludes halogenated alkanes) is 22. The second kappa shape index (κ2) is 59.8. The SMILES string of the molecule is CC/C=C\C/C=C\C/C=C\C/C=C\C/C=C\C/C=C\C/C=C\C/C=C\C/C=C\CCCCCCCCCCCCCC(=O)OC(COC(=O)CCCCCCC/C=C\CCCCCCCC)COC(OCC[N+](C)(C)C)C(=O)O. The van der Waals surface area contributed by atoms with E-state index >= 15 is 0 Å². The second-order valence-corrected chi connectivity index (χ2v) is 22.0. The number of carbonyl (C=O) groups is 3. The Kier molecular flexibility index (Phi) is 56.5. The summed E-state index contributed by atoms with van der Waals surface area (Å²) in [6.07, 6.45) is 81.5. The molecule has 0 spiro atoms. The monoisotopic (exact) mass is 1100 g/mol. The third-order valence-corrected chi connectivity index (χ3v) is 13.2. The molecule has 1 N–H and O–H groups in total. The summed E-state index contributed by atoms with van der Waals surface area (Å²) in [5, 5.41) is 9.71. The van der Waals surface area contributed by atoms with Crippen molar-refractivity contribution in [3.05, 3.63) is 122 Å². The average Bonchev–Trinajstić information content (AvgIpc) is 3.42. The maximum absolute atomic E-state index is 12.9. The van der Waals surface area contributed by atoms with Crippen LogP contribution in [-0.2, 0) is 33.3 Å². The molecule has 450 valence electrons. The highest BCUT2D eigenvalue weighted by molar-refractivity contribution is 5.71. The number of hydrogen-bond acceptors (Lipinski definition) is 7. The number of esters is 2. The molecule has 0 rings (SSSR count). The van der Waals surface area contributed by atoms with Crippen LogP contribution in [0.4, 0.5) is 0 Å². The van der Waals surface area contributed by atoms with Gasteiger partial charge in [0.1, 0.15) is 13.2 Å². The van der Waals surface area contributed by atoms with Crippen molar-refractivity contribution in [1.82, 2.24) is 0 Å². The van der Waals surface area contributed by atoms with E-state index in [0.717, 1.165) is 122 Å². The van der Waals surface area contributed by atoms with Gasteiger partial charge in [-0.3, -0.25) is 9.59 Å². The number of nitrogens with zero attached hydrogens (tertiary/aromatic N) is 1. The van der Waals surface area contributed by atoms with Crippen molar-refractivity contribution in [2.75, 3.05) is 47.5 Å². The number of allylic oxidation sites excluding steroid dienone is 20. The van der Waals surface area contributed by atoms with Gasteiger partial charge in [-0.25, -0.2) is 4.79 Å². The summed E-state index contributed by atoms with van der Waals surface area (Å²) in [5.74, 6) is -2.03. The Balaban J connectivity index is 4.14. The average molecular weight is 1100 g/mol. The number of hydrogen-bond donors (Lipinski definition) is 1. The van der Waals surface area contributed by atoms with Gasteiger partial charge >= 0.3 is 17.9 Å². The normalized spacial score (nSPS) is 13.6. The van der Waals surface area contributed by atoms with Crippen molar-refractivity contribution in [3.8, 4) is 0 Å². The molecule has 0 radical (unpaired) electrons. The second-order valence-electron chi connectivity index (χ2n) is 22.0. The number of aliphatic carboxylic acids is 1. The third-order valence-electron chi connectivity index (χ3n) is 13.2. The third kappa shape index (κ3) is 61.2. The van der Waals surface area contributed by atoms with Gasteiger partial charge in [0, 0.05) is 12.8 Å². The molecular weight excluding hydrogens is 983 g/mol. The Bertz CT molecular complexity index is 1710. The smallest absolute Gasteiger partial charge is 0.361 e. The maximum Gasteiger partial charge on any atom is 0.361 e. The molecule has 2 unspecified atom stereocenters. The molecular formula is C70H118NO8+. The number of likely N-dealkylation sites (N-methyl/N-ethyl adjacent to an activating group) is 1. The Labute approximate surface area is 485 Å². The molecule has 9 nitrogen and oxygen atoms in total. The van der Waals surface area contributed by atoms with Crippen molar-refractivity contribution in [3.63, 3.8) is 0 Å². The standard InChI is InChI=1S/C70H117NO8/c1-6-8-10-12-14-16-18-20-22-23-24-25-26-27-28-29-30-31-32-33-34-35-36-37-38-39-40-41-42-43-44-45-47-49-51-53-55-57-59-61-68(73)79-66(65-78-70(69(74)75)76-63-62-71(3,4)5)64-77-67(72)60-58-56-54-52-50-48-46-21-19-17-15-13-11-9-7-2/h8,10,14,16,20-22,24-25,27-28,30-31,33-34,36-37,39-40,46,66,70H,6-7,9,11-13,15,17-19,23,26,29,32,35,38,41-45,47-65H2,1-5H3/p+1/b10-8-,16-14-,22-20-,25-24-,28-27-,31-30-,34-33-,37-36-,40-39-,46-21-. The minimum Gasteiger partial charge on any atom is -0.477 e. The van der Waals surface area contributed by atoms with Crippen LogP contribution in [0.25, 0.3) is 0 Å². The van der Waals surface area contributed by atoms with Gasteiger partial charge in [0.15, 0.2) is 6.10 Å². The van der Waals surface area contributed by atoms with E-state index in [1.54, 1.807) is 0 Å². The summed E-state index contributed by atoms with van der Waals surface area (Å²) in [4.78, 5) is 37.4. The molecule has 0 fully saturated rings. The van der Waals surface area contributed by atoms with Crippen LogP contribution in [0.5, 0.6) is 0 Å². The molecule has 0 saturated heterocycles. The zero-order valence-electron chi connectivity index (χ0n) is 51.2. The van der Waals surface area contributed by atoms with Crippen molar-refractivity contribution >= 4 is 17.9 Å². The predicted molar refractivity (Wildman–Crippen MR) is 336 cm³/mol. The maximum atomic E-state index is 12.9. The molecule has 0 aromatic carbocycles. The minimum absolute atomic E-state index is 0.181. The summed E-state index contributed by atoms with van der Waals surface area (Å²) in [6.45, 7) is 4.74. The number of rotatable bonds is 57. The predicted octanol–water partition coefficient (Wildman–Crippen LogP) is 19.2. The number of ether oxygens (including phenoxy) is 4. The van der Waals surface area contributed by atoms with Crippen LogP contribution in [0, 0.1) is 0 Å². The topological polar surface area (TPSA) is 108 Å². The van der Waals surface area contributed by atoms with Gasteiger partial charge in [0.2, 0.25) is 0 Å². The lowest BCUT2D eigenvalue weighted by atomic mass is 10.0. The van der Waals surface area contributed by atoms with Gasteiger partial charge in [0.05, 0.1) is 34.4 Å². The first-order valence-corrected chi connectivity index (χ1v) is 31.7. The van der Waals surface area contributed by atoms with Crippen LogP contribution in [0.2, 0.25) is 0 Å². The van der Waals surface area contributed by atoms with Crippen molar-refractivity contribution < 1.29 is 42.9 Å². The van der Waals surface area contributed by atoms with Crippen molar-refractivity contribution in [2.24, 2.45) is 0 Å². The first-order valence-electron chi connectivity index (χ1n) is 31.7. The molecule has 0 heterocycles. The van der Waals surface area contributed by atoms with Crippen molar-refractivity contribution in [1.29, 1.82) is 0 Å². The van der Waals surface area contributed by atoms with E-state index in [4.69, 9.17) is 18.9 Å². The Morgan fingerprint density at radius 3 is 1.09 bits per heavy atom. The van der Waals surface area contributed by atoms with Crippen LogP contribution in [-0.4, -0.2) is 87.4 Å². The molecule has 2 atom stereocenters. The van der Waals surface area contributed by atoms with Gasteiger partial charge in [-0.2, -0.15) is 0 Å². The highest BCUT2D eigenvalue weighted by atomic mass is 16.7. The van der Waals surface area contributed by atoms with Gasteiger partial charge in [-0.05, 0) is 109 Å². The molecule has 0 aromatic rings. The number of carboxylic acid groups (broad SMARTS) is 1. The molecule has 0 saturated carbocycles. The van der Waals surface area contributed by atoms with E-state index in [0.29, 0.717) is 17.4 Å². The molecule has 0 amide bonds. The van der Waals surface area contributed by atoms with E-state index in [1.807, 2.05) is 21.1 Å². The fraction of sp³-hybridized carbons (Fsp3) is 0.671. The Morgan fingerprint density at radius 1 is 0.392 bits per heavy atom. The number of carboxylic acids is 1. The van der Waals surface area contributed by atoms with Crippen LogP contribution in [0.3, 0.4) is 0 Å². The molecule has 9 heteroatoms. The first kappa shape index (κ1) is 74.7. The zero-order valence-corrected chi connectivity index (χ0v) is 51.2. The Hall–Kier alpha value is -4.31. The highest BCUT2D eigenvalue weighted by Crippen LogP contribution is 2.15. The number of quaternary nitrogens is 1. The van der Waals surface area contributed by atoms with Gasteiger partial charge in [-0.15, -0.1) is 0 Å². The summed E-state index contributed by atoms with van der Waals surface area (Å²) < 4.78 is 22.9. The first-order chi connectivity index (χ1) is 38.6. The molecule has 0 aromatic heterocycles. The lowest BCUT2D eigenvalue weighted by Crippen LogP contribution is -2.40. The lowest BCUT2D eigenvalue weighted by molar-refractivity contribution is -0.870. The van der Waals surface area contributed by atoms with E-state index in [1.165, 1.54) is 89.9 Å². The lowest BCUT2D eigenvalue weighted by Gasteiger charge is -2.25. The Morgan fingerprint density at radius 2 is 0.722 bits per heavy atom. The van der Waals surface area contributed by atoms with Gasteiger partial charge in [0.25, 0.3) is 6.29 Å². The molecule has 0 aliphatic carbocycles. The minimum atomic E-state index is -1.52. The van der Waals surface area contributed by atoms with E-state index in [2.05, 4.69) is 135 Å². The molecule has 79 heavy (non-hydrogen) atoms. The molecule has 0 aliphatic heterocycles. The van der Waals surface area contributed by atoms with Gasteiger partial charge < -0.3 is 28.5 Å². The fourth-order valence-corrected chi connectivity index (χ4v) is 8.35. The van der Waals surface area contributed by atoms with Crippen LogP contribution in [0.1, 0.15) is 245 Å². The van der Waals surface area contributed by atoms with Gasteiger partial charge in [-0.1, -0.05) is 245 Å². The zero-order chi connectivity index (χ0) is 57.6. The summed E-state index contributed by atoms with van der Waals surface area (Å²) in [7, 11) is 5.96. The molecule has 0 bridgehead atoms. The summed E-state index contributed by atoms with van der Waals surface area (Å²) >= 11 is 0. The molecule has 0 aliphatic rings. The van der Waals surface area contributed by atoms with E-state index in [-0.39, 0.29) is 38.6 Å². The largest absolute Gasteiger partial charge is 0.477 e. The summed E-state index contributed by atoms with van der Waals surface area (Å²) in [5.41, 5.74) is 0. The van der Waals surface area contributed by atoms with Crippen LogP contribution in [0.15, 0.2) is 122 Å². The summed E-state index contributed by atoms with van der Waals surface area (Å²) in [6, 6.07) is 0. The van der Waals surface area contributed by atoms with Crippen LogP contribution >= 0.6 is 0 Å². The highest BCUT2D eigenvalue weighted by Gasteiger charge is 2.25.